The third kappa shape index (κ3) is 5.13. The van der Waals surface area contributed by atoms with Crippen molar-refractivity contribution >= 4 is 15.7 Å². The van der Waals surface area contributed by atoms with E-state index in [1.54, 1.807) is 13.8 Å². The molecule has 0 aliphatic carbocycles. The number of likely N-dealkylation sites (N-methyl/N-ethyl adjacent to an activating group) is 1. The molecule has 90 valence electrons. The van der Waals surface area contributed by atoms with Crippen LogP contribution in [0.5, 0.6) is 0 Å². The summed E-state index contributed by atoms with van der Waals surface area (Å²) in [7, 11) is -3.11. The Morgan fingerprint density at radius 2 is 1.87 bits per heavy atom. The normalized spacial score (nSPS) is 12.5. The van der Waals surface area contributed by atoms with Gasteiger partial charge < -0.3 is 10.6 Å². The first kappa shape index (κ1) is 14.4. The zero-order valence-electron chi connectivity index (χ0n) is 9.75. The number of carbonyl (C=O) groups excluding carboxylic acids is 1. The number of sulfone groups is 1. The first-order valence-electron chi connectivity index (χ1n) is 4.87. The Kier molecular flexibility index (Phi) is 5.23. The number of amides is 1. The van der Waals surface area contributed by atoms with E-state index in [-0.39, 0.29) is 19.0 Å². The molecule has 0 fully saturated rings. The lowest BCUT2D eigenvalue weighted by Crippen LogP contribution is -2.44. The Bertz CT molecular complexity index is 309. The van der Waals surface area contributed by atoms with Crippen LogP contribution in [-0.4, -0.2) is 45.0 Å². The highest BCUT2D eigenvalue weighted by Gasteiger charge is 2.29. The van der Waals surface area contributed by atoms with Crippen molar-refractivity contribution < 1.29 is 13.2 Å². The minimum Gasteiger partial charge on any atom is -0.355 e. The van der Waals surface area contributed by atoms with E-state index in [0.29, 0.717) is 6.54 Å². The van der Waals surface area contributed by atoms with Gasteiger partial charge in [0.25, 0.3) is 0 Å². The van der Waals surface area contributed by atoms with E-state index < -0.39 is 14.6 Å². The lowest BCUT2D eigenvalue weighted by molar-refractivity contribution is -0.120. The third-order valence-electron chi connectivity index (χ3n) is 2.21. The van der Waals surface area contributed by atoms with Gasteiger partial charge in [-0.2, -0.15) is 0 Å². The molecule has 0 aromatic heterocycles. The van der Waals surface area contributed by atoms with E-state index in [2.05, 4.69) is 10.6 Å². The third-order valence-corrected chi connectivity index (χ3v) is 4.37. The van der Waals surface area contributed by atoms with Crippen molar-refractivity contribution in [3.05, 3.63) is 0 Å². The van der Waals surface area contributed by atoms with Gasteiger partial charge in [0.2, 0.25) is 5.91 Å². The lowest BCUT2D eigenvalue weighted by atomic mass is 10.2. The van der Waals surface area contributed by atoms with Crippen LogP contribution in [0.25, 0.3) is 0 Å². The van der Waals surface area contributed by atoms with Crippen LogP contribution in [0.15, 0.2) is 0 Å². The molecule has 0 spiro atoms. The molecule has 0 heterocycles. The van der Waals surface area contributed by atoms with Crippen LogP contribution in [0, 0.1) is 0 Å². The van der Waals surface area contributed by atoms with Crippen LogP contribution in [0.1, 0.15) is 20.8 Å². The fourth-order valence-corrected chi connectivity index (χ4v) is 1.23. The minimum absolute atomic E-state index is 0.123. The molecule has 0 aromatic rings. The van der Waals surface area contributed by atoms with Gasteiger partial charge in [0.15, 0.2) is 9.84 Å². The van der Waals surface area contributed by atoms with Gasteiger partial charge in [-0.1, -0.05) is 0 Å². The summed E-state index contributed by atoms with van der Waals surface area (Å²) in [5.74, 6) is -0.123. The first-order valence-corrected chi connectivity index (χ1v) is 6.77. The summed E-state index contributed by atoms with van der Waals surface area (Å²) in [4.78, 5) is 11.1. The second kappa shape index (κ2) is 5.46. The van der Waals surface area contributed by atoms with Crippen molar-refractivity contribution in [3.63, 3.8) is 0 Å². The summed E-state index contributed by atoms with van der Waals surface area (Å²) in [5, 5.41) is 5.45. The second-order valence-electron chi connectivity index (χ2n) is 4.09. The Hall–Kier alpha value is -0.620. The van der Waals surface area contributed by atoms with Crippen LogP contribution in [0.2, 0.25) is 0 Å². The summed E-state index contributed by atoms with van der Waals surface area (Å²) in [6.45, 7) is 6.09. The molecule has 2 N–H and O–H groups in total. The molecule has 0 radical (unpaired) electrons. The van der Waals surface area contributed by atoms with Gasteiger partial charge >= 0.3 is 0 Å². The molecule has 0 saturated heterocycles. The molecule has 5 nitrogen and oxygen atoms in total. The molecule has 0 bridgehead atoms. The maximum atomic E-state index is 11.3. The highest BCUT2D eigenvalue weighted by atomic mass is 32.2. The highest BCUT2D eigenvalue weighted by molar-refractivity contribution is 7.92. The topological polar surface area (TPSA) is 75.3 Å². The molecule has 0 rings (SSSR count). The van der Waals surface area contributed by atoms with Crippen LogP contribution in [-0.2, 0) is 14.6 Å². The van der Waals surface area contributed by atoms with Crippen molar-refractivity contribution in [2.24, 2.45) is 0 Å². The van der Waals surface area contributed by atoms with E-state index in [1.165, 1.54) is 6.26 Å². The Morgan fingerprint density at radius 1 is 1.33 bits per heavy atom. The smallest absolute Gasteiger partial charge is 0.233 e. The minimum atomic E-state index is -3.11. The van der Waals surface area contributed by atoms with Crippen LogP contribution in [0.4, 0.5) is 0 Å². The fourth-order valence-electron chi connectivity index (χ4n) is 0.868. The van der Waals surface area contributed by atoms with Gasteiger partial charge in [0.05, 0.1) is 11.3 Å². The van der Waals surface area contributed by atoms with Gasteiger partial charge in [-0.3, -0.25) is 4.79 Å². The summed E-state index contributed by atoms with van der Waals surface area (Å²) in [6, 6.07) is 0. The van der Waals surface area contributed by atoms with Crippen molar-refractivity contribution in [1.82, 2.24) is 10.6 Å². The average Bonchev–Trinajstić information content (AvgIpc) is 2.01. The Balaban J connectivity index is 4.02. The zero-order chi connectivity index (χ0) is 12.1. The summed E-state index contributed by atoms with van der Waals surface area (Å²) >= 11 is 0. The van der Waals surface area contributed by atoms with Gasteiger partial charge in [-0.05, 0) is 20.8 Å². The molecular weight excluding hydrogens is 216 g/mol. The van der Waals surface area contributed by atoms with E-state index in [0.717, 1.165) is 0 Å². The summed E-state index contributed by atoms with van der Waals surface area (Å²) in [6.07, 6.45) is 1.20. The van der Waals surface area contributed by atoms with E-state index in [4.69, 9.17) is 0 Å². The molecule has 0 unspecified atom stereocenters. The quantitative estimate of drug-likeness (QED) is 0.654. The number of carbonyl (C=O) groups is 1. The van der Waals surface area contributed by atoms with Gasteiger partial charge in [-0.15, -0.1) is 0 Å². The molecule has 1 amide bonds. The lowest BCUT2D eigenvalue weighted by Gasteiger charge is -2.22. The molecule has 15 heavy (non-hydrogen) atoms. The maximum Gasteiger partial charge on any atom is 0.233 e. The molecule has 6 heteroatoms. The second-order valence-corrected chi connectivity index (χ2v) is 6.74. The SMILES string of the molecule is CCNC(=O)CNCC(C)(C)S(C)(=O)=O. The van der Waals surface area contributed by atoms with Crippen molar-refractivity contribution in [2.75, 3.05) is 25.9 Å². The Labute approximate surface area is 91.5 Å². The molecule has 0 aromatic carbocycles. The van der Waals surface area contributed by atoms with Crippen LogP contribution in [0.3, 0.4) is 0 Å². The number of hydrogen-bond acceptors (Lipinski definition) is 4. The van der Waals surface area contributed by atoms with Crippen molar-refractivity contribution in [1.29, 1.82) is 0 Å². The van der Waals surface area contributed by atoms with Gasteiger partial charge in [0.1, 0.15) is 0 Å². The summed E-state index contributed by atoms with van der Waals surface area (Å²) in [5.41, 5.74) is 0. The summed E-state index contributed by atoms with van der Waals surface area (Å²) < 4.78 is 21.8. The first-order chi connectivity index (χ1) is 6.70. The van der Waals surface area contributed by atoms with E-state index in [9.17, 15) is 13.2 Å². The number of hydrogen-bond donors (Lipinski definition) is 2. The van der Waals surface area contributed by atoms with E-state index in [1.807, 2.05) is 6.92 Å². The molecule has 0 aliphatic rings. The van der Waals surface area contributed by atoms with Gasteiger partial charge in [0, 0.05) is 19.3 Å². The predicted octanol–water partition coefficient (Wildman–Crippen LogP) is -0.465. The predicted molar refractivity (Wildman–Crippen MR) is 60.5 cm³/mol. The number of rotatable bonds is 6. The molecule has 0 aliphatic heterocycles. The zero-order valence-corrected chi connectivity index (χ0v) is 10.6. The van der Waals surface area contributed by atoms with Crippen molar-refractivity contribution in [2.45, 2.75) is 25.5 Å². The average molecular weight is 236 g/mol. The van der Waals surface area contributed by atoms with Gasteiger partial charge in [-0.25, -0.2) is 8.42 Å². The monoisotopic (exact) mass is 236 g/mol. The van der Waals surface area contributed by atoms with E-state index >= 15 is 0 Å². The molecular formula is C9H20N2O3S. The standard InChI is InChI=1S/C9H20N2O3S/c1-5-11-8(12)6-10-7-9(2,3)15(4,13)14/h10H,5-7H2,1-4H3,(H,11,12). The van der Waals surface area contributed by atoms with Crippen LogP contribution < -0.4 is 10.6 Å². The largest absolute Gasteiger partial charge is 0.355 e. The molecule has 0 atom stereocenters. The molecule has 0 saturated carbocycles. The van der Waals surface area contributed by atoms with Crippen LogP contribution >= 0.6 is 0 Å². The highest BCUT2D eigenvalue weighted by Crippen LogP contribution is 2.12. The Morgan fingerprint density at radius 3 is 2.27 bits per heavy atom. The number of nitrogens with one attached hydrogen (secondary N) is 2. The van der Waals surface area contributed by atoms with Crippen molar-refractivity contribution in [3.8, 4) is 0 Å². The maximum absolute atomic E-state index is 11.3. The fraction of sp³-hybridized carbons (Fsp3) is 0.889.